The summed E-state index contributed by atoms with van der Waals surface area (Å²) in [5.74, 6) is 0.0686. The fourth-order valence-electron chi connectivity index (χ4n) is 3.56. The molecule has 0 unspecified atom stereocenters. The topological polar surface area (TPSA) is 96.3 Å². The van der Waals surface area contributed by atoms with Gasteiger partial charge in [-0.1, -0.05) is 36.8 Å². The fourth-order valence-corrected chi connectivity index (χ4v) is 3.56. The zero-order valence-corrected chi connectivity index (χ0v) is 16.8. The molecule has 1 fully saturated rings. The Hall–Kier alpha value is -3.61. The summed E-state index contributed by atoms with van der Waals surface area (Å²) >= 11 is 0. The largest absolute Gasteiger partial charge is 0.507 e. The van der Waals surface area contributed by atoms with Gasteiger partial charge in [0.1, 0.15) is 5.75 Å². The first kappa shape index (κ1) is 19.7. The molecule has 154 valence electrons. The molecule has 0 saturated heterocycles. The summed E-state index contributed by atoms with van der Waals surface area (Å²) in [6.45, 7) is 1.82. The molecule has 0 spiro atoms. The van der Waals surface area contributed by atoms with Gasteiger partial charge in [-0.15, -0.1) is 0 Å². The number of phenolic OH excluding ortho intramolecular Hbond substituents is 1. The Morgan fingerprint density at radius 3 is 2.53 bits per heavy atom. The van der Waals surface area contributed by atoms with Crippen LogP contribution >= 0.6 is 0 Å². The number of aromatic hydroxyl groups is 1. The number of benzene rings is 2. The number of hydrogen-bond acceptors (Lipinski definition) is 4. The molecule has 0 aliphatic heterocycles. The minimum atomic E-state index is -0.290. The summed E-state index contributed by atoms with van der Waals surface area (Å²) < 4.78 is 1.42. The number of aromatic nitrogens is 2. The van der Waals surface area contributed by atoms with Crippen LogP contribution in [0, 0.1) is 0 Å². The molecule has 1 aliphatic rings. The molecule has 1 aliphatic carbocycles. The second-order valence-corrected chi connectivity index (χ2v) is 7.55. The first-order chi connectivity index (χ1) is 14.5. The Balaban J connectivity index is 1.60. The van der Waals surface area contributed by atoms with Gasteiger partial charge in [0.15, 0.2) is 0 Å². The van der Waals surface area contributed by atoms with Gasteiger partial charge in [-0.3, -0.25) is 4.79 Å². The van der Waals surface area contributed by atoms with E-state index in [2.05, 4.69) is 15.7 Å². The van der Waals surface area contributed by atoms with Crippen LogP contribution in [0.2, 0.25) is 0 Å². The summed E-state index contributed by atoms with van der Waals surface area (Å²) in [5, 5.41) is 20.5. The van der Waals surface area contributed by atoms with Crippen LogP contribution in [-0.2, 0) is 11.3 Å². The van der Waals surface area contributed by atoms with E-state index in [0.29, 0.717) is 23.5 Å². The SMILES string of the molecule is CC(=O)Nc1ccc(-c2cc(C3CCC3)n(C(=O)NCc3ccccc3)n2)c(O)c1. The molecule has 0 radical (unpaired) electrons. The molecule has 7 nitrogen and oxygen atoms in total. The Kier molecular flexibility index (Phi) is 5.52. The van der Waals surface area contributed by atoms with Crippen LogP contribution in [-0.4, -0.2) is 26.8 Å². The van der Waals surface area contributed by atoms with Gasteiger partial charge in [-0.25, -0.2) is 4.79 Å². The minimum Gasteiger partial charge on any atom is -0.507 e. The van der Waals surface area contributed by atoms with Crippen LogP contribution in [0.4, 0.5) is 10.5 Å². The van der Waals surface area contributed by atoms with Crippen molar-refractivity contribution in [1.82, 2.24) is 15.1 Å². The fraction of sp³-hybridized carbons (Fsp3) is 0.261. The van der Waals surface area contributed by atoms with Gasteiger partial charge in [-0.2, -0.15) is 9.78 Å². The van der Waals surface area contributed by atoms with E-state index in [9.17, 15) is 14.7 Å². The quantitative estimate of drug-likeness (QED) is 0.593. The van der Waals surface area contributed by atoms with Crippen molar-refractivity contribution in [1.29, 1.82) is 0 Å². The molecule has 1 aromatic heterocycles. The summed E-state index contributed by atoms with van der Waals surface area (Å²) in [5.41, 5.74) is 3.41. The van der Waals surface area contributed by atoms with Crippen LogP contribution in [0.1, 0.15) is 43.4 Å². The third kappa shape index (κ3) is 4.20. The number of carbonyl (C=O) groups excluding carboxylic acids is 2. The van der Waals surface area contributed by atoms with Gasteiger partial charge in [0.05, 0.1) is 11.4 Å². The van der Waals surface area contributed by atoms with Crippen LogP contribution in [0.3, 0.4) is 0 Å². The van der Waals surface area contributed by atoms with Gasteiger partial charge in [0, 0.05) is 36.7 Å². The van der Waals surface area contributed by atoms with Crippen LogP contribution < -0.4 is 10.6 Å². The van der Waals surface area contributed by atoms with E-state index in [1.807, 2.05) is 36.4 Å². The summed E-state index contributed by atoms with van der Waals surface area (Å²) in [6, 6.07) is 16.2. The van der Waals surface area contributed by atoms with Gasteiger partial charge in [-0.05, 0) is 36.6 Å². The predicted octanol–water partition coefficient (Wildman–Crippen LogP) is 4.24. The van der Waals surface area contributed by atoms with Crippen molar-refractivity contribution in [3.63, 3.8) is 0 Å². The van der Waals surface area contributed by atoms with Crippen molar-refractivity contribution in [2.45, 2.75) is 38.6 Å². The smallest absolute Gasteiger partial charge is 0.342 e. The normalized spacial score (nSPS) is 13.5. The molecular weight excluding hydrogens is 380 g/mol. The zero-order valence-electron chi connectivity index (χ0n) is 16.8. The van der Waals surface area contributed by atoms with Crippen molar-refractivity contribution >= 4 is 17.6 Å². The van der Waals surface area contributed by atoms with Crippen molar-refractivity contribution in [3.8, 4) is 17.0 Å². The van der Waals surface area contributed by atoms with E-state index >= 15 is 0 Å². The highest BCUT2D eigenvalue weighted by molar-refractivity contribution is 5.89. The predicted molar refractivity (Wildman–Crippen MR) is 114 cm³/mol. The lowest BCUT2D eigenvalue weighted by Gasteiger charge is -2.25. The summed E-state index contributed by atoms with van der Waals surface area (Å²) in [7, 11) is 0. The molecule has 3 aromatic rings. The number of anilines is 1. The monoisotopic (exact) mass is 404 g/mol. The number of nitrogens with one attached hydrogen (secondary N) is 2. The number of amides is 2. The van der Waals surface area contributed by atoms with Crippen LogP contribution in [0.5, 0.6) is 5.75 Å². The van der Waals surface area contributed by atoms with E-state index in [1.165, 1.54) is 17.7 Å². The van der Waals surface area contributed by atoms with Gasteiger partial charge in [0.25, 0.3) is 0 Å². The number of hydrogen-bond donors (Lipinski definition) is 3. The molecule has 2 aromatic carbocycles. The Bertz CT molecular complexity index is 1070. The summed E-state index contributed by atoms with van der Waals surface area (Å²) in [4.78, 5) is 24.1. The molecule has 3 N–H and O–H groups in total. The molecule has 30 heavy (non-hydrogen) atoms. The van der Waals surface area contributed by atoms with E-state index in [0.717, 1.165) is 30.5 Å². The molecule has 0 bridgehead atoms. The zero-order chi connectivity index (χ0) is 21.1. The lowest BCUT2D eigenvalue weighted by Crippen LogP contribution is -2.31. The van der Waals surface area contributed by atoms with Gasteiger partial charge < -0.3 is 15.7 Å². The Labute approximate surface area is 174 Å². The molecule has 7 heteroatoms. The van der Waals surface area contributed by atoms with E-state index in [-0.39, 0.29) is 23.6 Å². The second kappa shape index (κ2) is 8.41. The maximum atomic E-state index is 12.9. The average molecular weight is 404 g/mol. The maximum Gasteiger partial charge on any atom is 0.342 e. The highest BCUT2D eigenvalue weighted by Gasteiger charge is 2.27. The van der Waals surface area contributed by atoms with E-state index < -0.39 is 0 Å². The maximum absolute atomic E-state index is 12.9. The standard InChI is InChI=1S/C23H24N4O3/c1-15(28)25-18-10-11-19(22(29)12-18)20-13-21(17-8-5-9-17)27(26-20)23(30)24-14-16-6-3-2-4-7-16/h2-4,6-7,10-13,17,29H,5,8-9,14H2,1H3,(H,24,30)(H,25,28). The number of carbonyl (C=O) groups is 2. The van der Waals surface area contributed by atoms with Crippen molar-refractivity contribution in [2.75, 3.05) is 5.32 Å². The van der Waals surface area contributed by atoms with Crippen molar-refractivity contribution < 1.29 is 14.7 Å². The number of nitrogens with zero attached hydrogens (tertiary/aromatic N) is 2. The third-order valence-corrected chi connectivity index (χ3v) is 5.33. The van der Waals surface area contributed by atoms with Gasteiger partial charge in [0.2, 0.25) is 5.91 Å². The summed E-state index contributed by atoms with van der Waals surface area (Å²) in [6.07, 6.45) is 3.17. The van der Waals surface area contributed by atoms with Crippen molar-refractivity contribution in [3.05, 3.63) is 65.9 Å². The van der Waals surface area contributed by atoms with Crippen LogP contribution in [0.25, 0.3) is 11.3 Å². The molecular formula is C23H24N4O3. The highest BCUT2D eigenvalue weighted by atomic mass is 16.3. The lowest BCUT2D eigenvalue weighted by atomic mass is 9.82. The number of rotatable bonds is 5. The molecule has 1 saturated carbocycles. The Morgan fingerprint density at radius 2 is 1.90 bits per heavy atom. The Morgan fingerprint density at radius 1 is 1.13 bits per heavy atom. The van der Waals surface area contributed by atoms with E-state index in [1.54, 1.807) is 12.1 Å². The molecule has 2 amide bonds. The first-order valence-electron chi connectivity index (χ1n) is 10.0. The molecule has 0 atom stereocenters. The van der Waals surface area contributed by atoms with E-state index in [4.69, 9.17) is 0 Å². The average Bonchev–Trinajstić information content (AvgIpc) is 3.09. The minimum absolute atomic E-state index is 0.00393. The van der Waals surface area contributed by atoms with Crippen molar-refractivity contribution in [2.24, 2.45) is 0 Å². The lowest BCUT2D eigenvalue weighted by molar-refractivity contribution is -0.114. The van der Waals surface area contributed by atoms with Crippen LogP contribution in [0.15, 0.2) is 54.6 Å². The first-order valence-corrected chi connectivity index (χ1v) is 10.0. The molecule has 4 rings (SSSR count). The third-order valence-electron chi connectivity index (χ3n) is 5.33. The second-order valence-electron chi connectivity index (χ2n) is 7.55. The molecule has 1 heterocycles. The van der Waals surface area contributed by atoms with Gasteiger partial charge >= 0.3 is 6.03 Å². The number of phenols is 1. The highest BCUT2D eigenvalue weighted by Crippen LogP contribution is 2.39.